The Balaban J connectivity index is 1.83. The van der Waals surface area contributed by atoms with Crippen LogP contribution >= 0.6 is 11.3 Å². The van der Waals surface area contributed by atoms with E-state index in [9.17, 15) is 14.4 Å². The Labute approximate surface area is 218 Å². The van der Waals surface area contributed by atoms with Crippen molar-refractivity contribution in [3.63, 3.8) is 0 Å². The highest BCUT2D eigenvalue weighted by atomic mass is 32.1. The molecule has 9 heteroatoms. The van der Waals surface area contributed by atoms with Crippen LogP contribution in [-0.4, -0.2) is 36.7 Å². The Morgan fingerprint density at radius 1 is 1.08 bits per heavy atom. The fourth-order valence-electron chi connectivity index (χ4n) is 4.41. The van der Waals surface area contributed by atoms with Gasteiger partial charge in [-0.2, -0.15) is 0 Å². The van der Waals surface area contributed by atoms with Crippen LogP contribution in [0.2, 0.25) is 0 Å². The van der Waals surface area contributed by atoms with Gasteiger partial charge in [0.2, 0.25) is 0 Å². The molecule has 1 unspecified atom stereocenters. The van der Waals surface area contributed by atoms with Crippen LogP contribution in [0.5, 0.6) is 5.75 Å². The third kappa shape index (κ3) is 5.27. The van der Waals surface area contributed by atoms with E-state index in [0.29, 0.717) is 26.3 Å². The minimum absolute atomic E-state index is 0.250. The van der Waals surface area contributed by atoms with Crippen molar-refractivity contribution in [3.8, 4) is 5.75 Å². The lowest BCUT2D eigenvalue weighted by Gasteiger charge is -2.24. The maximum absolute atomic E-state index is 13.7. The lowest BCUT2D eigenvalue weighted by atomic mass is 9.96. The van der Waals surface area contributed by atoms with E-state index in [0.717, 1.165) is 24.3 Å². The van der Waals surface area contributed by atoms with E-state index in [1.165, 1.54) is 29.9 Å². The molecule has 1 aromatic heterocycles. The Morgan fingerprint density at radius 3 is 2.30 bits per heavy atom. The molecule has 0 amide bonds. The zero-order valence-electron chi connectivity index (χ0n) is 21.5. The van der Waals surface area contributed by atoms with Crippen molar-refractivity contribution >= 4 is 35.0 Å². The van der Waals surface area contributed by atoms with Crippen LogP contribution in [0.4, 0.5) is 5.69 Å². The van der Waals surface area contributed by atoms with Crippen LogP contribution in [0.3, 0.4) is 0 Å². The maximum atomic E-state index is 13.7. The third-order valence-corrected chi connectivity index (χ3v) is 7.19. The summed E-state index contributed by atoms with van der Waals surface area (Å²) in [7, 11) is 1.30. The summed E-state index contributed by atoms with van der Waals surface area (Å²) in [4.78, 5) is 45.1. The van der Waals surface area contributed by atoms with E-state index >= 15 is 0 Å². The minimum atomic E-state index is -0.734. The van der Waals surface area contributed by atoms with Crippen LogP contribution in [-0.2, 0) is 14.3 Å². The molecule has 3 aromatic rings. The highest BCUT2D eigenvalue weighted by molar-refractivity contribution is 7.07. The smallest absolute Gasteiger partial charge is 0.338 e. The number of anilines is 1. The largest absolute Gasteiger partial charge is 0.466 e. The van der Waals surface area contributed by atoms with Crippen molar-refractivity contribution in [1.82, 2.24) is 4.57 Å². The van der Waals surface area contributed by atoms with Crippen LogP contribution in [0, 0.1) is 0 Å². The van der Waals surface area contributed by atoms with Gasteiger partial charge in [-0.15, -0.1) is 0 Å². The lowest BCUT2D eigenvalue weighted by molar-refractivity contribution is -0.136. The summed E-state index contributed by atoms with van der Waals surface area (Å²) in [6.07, 6.45) is 1.84. The standard InChI is InChI=1S/C28H29N3O5S/c1-6-30(7-2)21-12-8-19(9-13-21)16-23-26(33)31-25(20-10-14-22(15-11-20)36-18(4)32)24(27(34)35-5)17(3)29-28(31)37-23/h8-16,25H,6-7H2,1-5H3. The molecule has 0 spiro atoms. The second kappa shape index (κ2) is 11.0. The molecule has 0 saturated heterocycles. The lowest BCUT2D eigenvalue weighted by Crippen LogP contribution is -2.39. The number of benzene rings is 2. The molecular weight excluding hydrogens is 490 g/mol. The SMILES string of the molecule is CCN(CC)c1ccc(C=c2sc3n(c2=O)C(c2ccc(OC(C)=O)cc2)C(C(=O)OC)=C(C)N=3)cc1. The fourth-order valence-corrected chi connectivity index (χ4v) is 5.46. The number of methoxy groups -OCH3 is 1. The molecule has 0 bridgehead atoms. The Bertz CT molecular complexity index is 1530. The first-order valence-electron chi connectivity index (χ1n) is 12.0. The molecule has 0 aliphatic carbocycles. The van der Waals surface area contributed by atoms with Gasteiger partial charge in [-0.25, -0.2) is 9.79 Å². The number of carbonyl (C=O) groups is 2. The van der Waals surface area contributed by atoms with Gasteiger partial charge in [0, 0.05) is 25.7 Å². The molecule has 0 fully saturated rings. The molecule has 37 heavy (non-hydrogen) atoms. The van der Waals surface area contributed by atoms with Gasteiger partial charge in [0.25, 0.3) is 5.56 Å². The molecule has 1 aliphatic heterocycles. The number of hydrogen-bond donors (Lipinski definition) is 0. The molecule has 8 nitrogen and oxygen atoms in total. The second-order valence-corrected chi connectivity index (χ2v) is 9.51. The topological polar surface area (TPSA) is 90.2 Å². The molecule has 0 radical (unpaired) electrons. The Hall–Kier alpha value is -3.98. The van der Waals surface area contributed by atoms with E-state index in [2.05, 4.69) is 23.7 Å². The number of allylic oxidation sites excluding steroid dienone is 1. The first-order chi connectivity index (χ1) is 17.8. The third-order valence-electron chi connectivity index (χ3n) is 6.20. The molecule has 1 aliphatic rings. The van der Waals surface area contributed by atoms with Gasteiger partial charge < -0.3 is 14.4 Å². The van der Waals surface area contributed by atoms with Crippen molar-refractivity contribution in [3.05, 3.63) is 90.6 Å². The van der Waals surface area contributed by atoms with Crippen LogP contribution in [0.25, 0.3) is 6.08 Å². The van der Waals surface area contributed by atoms with Gasteiger partial charge >= 0.3 is 11.9 Å². The molecule has 4 rings (SSSR count). The van der Waals surface area contributed by atoms with Crippen LogP contribution in [0.15, 0.2) is 69.6 Å². The van der Waals surface area contributed by atoms with E-state index in [1.807, 2.05) is 30.3 Å². The highest BCUT2D eigenvalue weighted by Crippen LogP contribution is 2.31. The van der Waals surface area contributed by atoms with Gasteiger partial charge in [-0.3, -0.25) is 14.2 Å². The Morgan fingerprint density at radius 2 is 1.73 bits per heavy atom. The van der Waals surface area contributed by atoms with Crippen molar-refractivity contribution in [1.29, 1.82) is 0 Å². The molecule has 2 heterocycles. The number of rotatable bonds is 7. The van der Waals surface area contributed by atoms with Crippen molar-refractivity contribution in [2.75, 3.05) is 25.1 Å². The van der Waals surface area contributed by atoms with E-state index < -0.39 is 18.0 Å². The van der Waals surface area contributed by atoms with Gasteiger partial charge in [0.1, 0.15) is 5.75 Å². The van der Waals surface area contributed by atoms with E-state index in [1.54, 1.807) is 31.2 Å². The zero-order valence-corrected chi connectivity index (χ0v) is 22.3. The molecule has 192 valence electrons. The number of aromatic nitrogens is 1. The van der Waals surface area contributed by atoms with E-state index in [-0.39, 0.29) is 11.1 Å². The van der Waals surface area contributed by atoms with Crippen molar-refractivity contribution in [2.24, 2.45) is 4.99 Å². The van der Waals surface area contributed by atoms with Gasteiger partial charge in [0.05, 0.1) is 29.0 Å². The number of nitrogens with zero attached hydrogens (tertiary/aromatic N) is 3. The predicted octanol–water partition coefficient (Wildman–Crippen LogP) is 3.18. The van der Waals surface area contributed by atoms with Gasteiger partial charge in [0.15, 0.2) is 4.80 Å². The second-order valence-electron chi connectivity index (χ2n) is 8.50. The maximum Gasteiger partial charge on any atom is 0.338 e. The average Bonchev–Trinajstić information content (AvgIpc) is 3.18. The number of thiazole rings is 1. The molecule has 0 saturated carbocycles. The van der Waals surface area contributed by atoms with E-state index in [4.69, 9.17) is 9.47 Å². The predicted molar refractivity (Wildman–Crippen MR) is 144 cm³/mol. The monoisotopic (exact) mass is 519 g/mol. The zero-order chi connectivity index (χ0) is 26.7. The first-order valence-corrected chi connectivity index (χ1v) is 12.8. The summed E-state index contributed by atoms with van der Waals surface area (Å²) in [6, 6.07) is 14.1. The van der Waals surface area contributed by atoms with Gasteiger partial charge in [-0.05, 0) is 62.2 Å². The quantitative estimate of drug-likeness (QED) is 0.352. The first kappa shape index (κ1) is 26.1. The number of fused-ring (bicyclic) bond motifs is 1. The molecule has 0 N–H and O–H groups in total. The molecular formula is C28H29N3O5S. The number of carbonyl (C=O) groups excluding carboxylic acids is 2. The fraction of sp³-hybridized carbons (Fsp3) is 0.286. The minimum Gasteiger partial charge on any atom is -0.466 e. The van der Waals surface area contributed by atoms with Crippen LogP contribution < -0.4 is 24.5 Å². The summed E-state index contributed by atoms with van der Waals surface area (Å²) < 4.78 is 12.2. The average molecular weight is 520 g/mol. The van der Waals surface area contributed by atoms with Gasteiger partial charge in [-0.1, -0.05) is 35.6 Å². The van der Waals surface area contributed by atoms with Crippen molar-refractivity contribution < 1.29 is 19.1 Å². The summed E-state index contributed by atoms with van der Waals surface area (Å²) in [5, 5.41) is 0. The summed E-state index contributed by atoms with van der Waals surface area (Å²) in [5.41, 5.74) is 3.20. The molecule has 1 atom stereocenters. The normalized spacial score (nSPS) is 15.2. The summed E-state index contributed by atoms with van der Waals surface area (Å²) in [6.45, 7) is 9.11. The molecule has 2 aromatic carbocycles. The van der Waals surface area contributed by atoms with Crippen molar-refractivity contribution in [2.45, 2.75) is 33.7 Å². The summed E-state index contributed by atoms with van der Waals surface area (Å²) >= 11 is 1.27. The Kier molecular flexibility index (Phi) is 7.73. The number of hydrogen-bond acceptors (Lipinski definition) is 8. The number of ether oxygens (including phenoxy) is 2. The number of esters is 2. The van der Waals surface area contributed by atoms with Crippen LogP contribution in [0.1, 0.15) is 44.9 Å². The highest BCUT2D eigenvalue weighted by Gasteiger charge is 2.33. The summed E-state index contributed by atoms with van der Waals surface area (Å²) in [5.74, 6) is -0.620.